The monoisotopic (exact) mass is 409 g/mol. The quantitative estimate of drug-likeness (QED) is 0.520. The number of aliphatic hydroxyl groups is 1. The van der Waals surface area contributed by atoms with Gasteiger partial charge in [-0.15, -0.1) is 0 Å². The van der Waals surface area contributed by atoms with Gasteiger partial charge in [-0.1, -0.05) is 60.7 Å². The lowest BCUT2D eigenvalue weighted by Crippen LogP contribution is -2.40. The molecule has 2 atom stereocenters. The molecule has 1 fully saturated rings. The highest BCUT2D eigenvalue weighted by molar-refractivity contribution is 6.04. The molecule has 0 aliphatic carbocycles. The number of urea groups is 1. The van der Waals surface area contributed by atoms with E-state index in [9.17, 15) is 19.5 Å². The molecular formula is C23H27N3O4. The van der Waals surface area contributed by atoms with Crippen LogP contribution in [0.15, 0.2) is 60.7 Å². The van der Waals surface area contributed by atoms with Gasteiger partial charge in [0.1, 0.15) is 6.04 Å². The minimum absolute atomic E-state index is 0.0918. The summed E-state index contributed by atoms with van der Waals surface area (Å²) in [5, 5.41) is 15.0. The molecule has 2 unspecified atom stereocenters. The van der Waals surface area contributed by atoms with Crippen molar-refractivity contribution in [2.75, 3.05) is 13.2 Å². The Kier molecular flexibility index (Phi) is 7.57. The zero-order chi connectivity index (χ0) is 21.3. The molecule has 158 valence electrons. The largest absolute Gasteiger partial charge is 0.394 e. The molecule has 30 heavy (non-hydrogen) atoms. The van der Waals surface area contributed by atoms with Crippen molar-refractivity contribution in [1.82, 2.24) is 15.5 Å². The van der Waals surface area contributed by atoms with Gasteiger partial charge in [0.25, 0.3) is 5.91 Å². The average molecular weight is 409 g/mol. The second-order valence-corrected chi connectivity index (χ2v) is 7.40. The third kappa shape index (κ3) is 5.90. The van der Waals surface area contributed by atoms with E-state index in [0.29, 0.717) is 19.4 Å². The number of rotatable bonds is 10. The van der Waals surface area contributed by atoms with E-state index in [1.807, 2.05) is 60.7 Å². The Labute approximate surface area is 176 Å². The molecule has 0 saturated carbocycles. The summed E-state index contributed by atoms with van der Waals surface area (Å²) in [6.07, 6.45) is 1.43. The molecule has 7 nitrogen and oxygen atoms in total. The lowest BCUT2D eigenvalue weighted by atomic mass is 10.1. The smallest absolute Gasteiger partial charge is 0.324 e. The van der Waals surface area contributed by atoms with Gasteiger partial charge in [0.15, 0.2) is 0 Å². The Morgan fingerprint density at radius 2 is 1.67 bits per heavy atom. The van der Waals surface area contributed by atoms with Crippen molar-refractivity contribution in [3.05, 3.63) is 71.8 Å². The van der Waals surface area contributed by atoms with Gasteiger partial charge < -0.3 is 15.7 Å². The molecule has 3 N–H and O–H groups in total. The van der Waals surface area contributed by atoms with Crippen LogP contribution in [0.3, 0.4) is 0 Å². The van der Waals surface area contributed by atoms with Gasteiger partial charge in [0.05, 0.1) is 12.6 Å². The maximum Gasteiger partial charge on any atom is 0.324 e. The van der Waals surface area contributed by atoms with Crippen LogP contribution in [0.5, 0.6) is 0 Å². The molecule has 4 amide bonds. The van der Waals surface area contributed by atoms with Gasteiger partial charge in [0.2, 0.25) is 5.91 Å². The maximum atomic E-state index is 12.5. The average Bonchev–Trinajstić information content (AvgIpc) is 3.04. The first-order valence-corrected chi connectivity index (χ1v) is 10.2. The number of nitrogens with one attached hydrogen (secondary N) is 2. The van der Waals surface area contributed by atoms with E-state index in [1.54, 1.807) is 0 Å². The summed E-state index contributed by atoms with van der Waals surface area (Å²) in [6, 6.07) is 17.7. The van der Waals surface area contributed by atoms with Crippen molar-refractivity contribution in [1.29, 1.82) is 0 Å². The number of hydrogen-bond donors (Lipinski definition) is 3. The molecule has 1 aliphatic rings. The topological polar surface area (TPSA) is 98.7 Å². The van der Waals surface area contributed by atoms with Crippen molar-refractivity contribution >= 4 is 17.8 Å². The molecule has 0 bridgehead atoms. The van der Waals surface area contributed by atoms with Crippen LogP contribution in [-0.2, 0) is 22.4 Å². The van der Waals surface area contributed by atoms with Crippen LogP contribution < -0.4 is 10.6 Å². The number of carbonyl (C=O) groups excluding carboxylic acids is 3. The highest BCUT2D eigenvalue weighted by Gasteiger charge is 2.37. The Balaban J connectivity index is 1.45. The maximum absolute atomic E-state index is 12.5. The van der Waals surface area contributed by atoms with Gasteiger partial charge in [-0.05, 0) is 30.4 Å². The number of imide groups is 1. The molecule has 2 aromatic rings. The highest BCUT2D eigenvalue weighted by Crippen LogP contribution is 2.13. The lowest BCUT2D eigenvalue weighted by molar-refractivity contribution is -0.127. The second kappa shape index (κ2) is 10.5. The van der Waals surface area contributed by atoms with Crippen LogP contribution in [0.4, 0.5) is 4.79 Å². The molecule has 1 saturated heterocycles. The summed E-state index contributed by atoms with van der Waals surface area (Å²) in [6.45, 7) is 0.133. The Morgan fingerprint density at radius 1 is 1.03 bits per heavy atom. The standard InChI is InChI=1S/C23H27N3O4/c27-16-19(15-18-9-5-2-6-10-18)24-21(28)12-11-20-22(29)26(23(30)25-20)14-13-17-7-3-1-4-8-17/h1-10,19-20,27H,11-16H2,(H,24,28)(H,25,30). The van der Waals surface area contributed by atoms with Crippen LogP contribution in [0.25, 0.3) is 0 Å². The molecule has 7 heteroatoms. The number of benzene rings is 2. The van der Waals surface area contributed by atoms with Crippen LogP contribution in [0.1, 0.15) is 24.0 Å². The summed E-state index contributed by atoms with van der Waals surface area (Å²) in [5.41, 5.74) is 2.07. The first-order valence-electron chi connectivity index (χ1n) is 10.2. The number of carbonyl (C=O) groups is 3. The van der Waals surface area contributed by atoms with Crippen molar-refractivity contribution in [3.63, 3.8) is 0 Å². The summed E-state index contributed by atoms with van der Waals surface area (Å²) < 4.78 is 0. The second-order valence-electron chi connectivity index (χ2n) is 7.40. The molecule has 1 heterocycles. The van der Waals surface area contributed by atoms with Gasteiger partial charge in [0, 0.05) is 13.0 Å². The fourth-order valence-corrected chi connectivity index (χ4v) is 3.50. The Bertz CT molecular complexity index is 857. The van der Waals surface area contributed by atoms with Crippen LogP contribution >= 0.6 is 0 Å². The molecule has 0 spiro atoms. The van der Waals surface area contributed by atoms with Crippen LogP contribution in [-0.4, -0.2) is 53.1 Å². The van der Waals surface area contributed by atoms with E-state index in [4.69, 9.17) is 0 Å². The predicted octanol–water partition coefficient (Wildman–Crippen LogP) is 1.65. The zero-order valence-corrected chi connectivity index (χ0v) is 16.8. The third-order valence-corrected chi connectivity index (χ3v) is 5.14. The lowest BCUT2D eigenvalue weighted by Gasteiger charge is -2.17. The molecule has 0 aromatic heterocycles. The summed E-state index contributed by atoms with van der Waals surface area (Å²) in [7, 11) is 0. The highest BCUT2D eigenvalue weighted by atomic mass is 16.3. The van der Waals surface area contributed by atoms with Crippen molar-refractivity contribution < 1.29 is 19.5 Å². The Hall–Kier alpha value is -3.19. The zero-order valence-electron chi connectivity index (χ0n) is 16.8. The number of hydrogen-bond acceptors (Lipinski definition) is 4. The summed E-state index contributed by atoms with van der Waals surface area (Å²) in [5.74, 6) is -0.554. The summed E-state index contributed by atoms with van der Waals surface area (Å²) in [4.78, 5) is 38.2. The number of nitrogens with zero attached hydrogens (tertiary/aromatic N) is 1. The van der Waals surface area contributed by atoms with E-state index in [1.165, 1.54) is 4.90 Å². The minimum Gasteiger partial charge on any atom is -0.394 e. The number of aliphatic hydroxyl groups excluding tert-OH is 1. The molecule has 3 rings (SSSR count). The summed E-state index contributed by atoms with van der Waals surface area (Å²) >= 11 is 0. The molecule has 0 radical (unpaired) electrons. The van der Waals surface area contributed by atoms with Crippen LogP contribution in [0, 0.1) is 0 Å². The normalized spacial score (nSPS) is 17.0. The van der Waals surface area contributed by atoms with Gasteiger partial charge in [-0.25, -0.2) is 4.79 Å². The van der Waals surface area contributed by atoms with Crippen LogP contribution in [0.2, 0.25) is 0 Å². The third-order valence-electron chi connectivity index (χ3n) is 5.14. The van der Waals surface area contributed by atoms with E-state index >= 15 is 0 Å². The fraction of sp³-hybridized carbons (Fsp3) is 0.348. The molecular weight excluding hydrogens is 382 g/mol. The first-order chi connectivity index (χ1) is 14.6. The SMILES string of the molecule is O=C(CCC1NC(=O)N(CCc2ccccc2)C1=O)NC(CO)Cc1ccccc1. The first kappa shape index (κ1) is 21.5. The molecule has 2 aromatic carbocycles. The van der Waals surface area contributed by atoms with E-state index in [2.05, 4.69) is 10.6 Å². The van der Waals surface area contributed by atoms with E-state index in [-0.39, 0.29) is 31.3 Å². The number of amides is 4. The Morgan fingerprint density at radius 3 is 2.30 bits per heavy atom. The van der Waals surface area contributed by atoms with Gasteiger partial charge >= 0.3 is 6.03 Å². The minimum atomic E-state index is -0.694. The van der Waals surface area contributed by atoms with Gasteiger partial charge in [-0.2, -0.15) is 0 Å². The van der Waals surface area contributed by atoms with Crippen molar-refractivity contribution in [2.45, 2.75) is 37.8 Å². The van der Waals surface area contributed by atoms with E-state index in [0.717, 1.165) is 11.1 Å². The van der Waals surface area contributed by atoms with E-state index < -0.39 is 18.1 Å². The van der Waals surface area contributed by atoms with Crippen molar-refractivity contribution in [2.24, 2.45) is 0 Å². The van der Waals surface area contributed by atoms with Crippen molar-refractivity contribution in [3.8, 4) is 0 Å². The van der Waals surface area contributed by atoms with Gasteiger partial charge in [-0.3, -0.25) is 14.5 Å². The molecule has 1 aliphatic heterocycles. The predicted molar refractivity (Wildman–Crippen MR) is 113 cm³/mol. The fourth-order valence-electron chi connectivity index (χ4n) is 3.50.